The van der Waals surface area contributed by atoms with Crippen LogP contribution in [0, 0.1) is 12.8 Å². The van der Waals surface area contributed by atoms with Crippen LogP contribution in [0.3, 0.4) is 0 Å². The molecule has 1 aromatic heterocycles. The van der Waals surface area contributed by atoms with Crippen LogP contribution < -0.4 is 0 Å². The monoisotopic (exact) mass is 373 g/mol. The average Bonchev–Trinajstić information content (AvgIpc) is 3.27. The van der Waals surface area contributed by atoms with Crippen molar-refractivity contribution in [3.05, 3.63) is 59.5 Å². The van der Waals surface area contributed by atoms with E-state index in [4.69, 9.17) is 4.42 Å². The molecule has 0 radical (unpaired) electrons. The normalized spacial score (nSPS) is 24.7. The van der Waals surface area contributed by atoms with E-state index in [9.17, 15) is 29.7 Å². The first kappa shape index (κ1) is 18.7. The maximum Gasteiger partial charge on any atom is 0.332 e. The zero-order chi connectivity index (χ0) is 19.8. The molecule has 3 atom stereocenters. The molecule has 3 rings (SSSR count). The summed E-state index contributed by atoms with van der Waals surface area (Å²) in [7, 11) is 0. The van der Waals surface area contributed by atoms with Crippen LogP contribution in [0.1, 0.15) is 34.1 Å². The first-order valence-corrected chi connectivity index (χ1v) is 8.33. The van der Waals surface area contributed by atoms with Crippen molar-refractivity contribution >= 4 is 17.8 Å². The van der Waals surface area contributed by atoms with E-state index in [-0.39, 0.29) is 11.3 Å². The van der Waals surface area contributed by atoms with Crippen molar-refractivity contribution in [3.8, 4) is 0 Å². The molecule has 0 saturated carbocycles. The van der Waals surface area contributed by atoms with Crippen LogP contribution in [0.15, 0.2) is 47.1 Å². The summed E-state index contributed by atoms with van der Waals surface area (Å²) in [4.78, 5) is 38.2. The Labute approximate surface area is 154 Å². The molecule has 1 aliphatic rings. The van der Waals surface area contributed by atoms with Gasteiger partial charge in [-0.3, -0.25) is 9.59 Å². The van der Waals surface area contributed by atoms with Crippen molar-refractivity contribution in [3.63, 3.8) is 0 Å². The second-order valence-corrected chi connectivity index (χ2v) is 6.59. The number of amides is 1. The Kier molecular flexibility index (Phi) is 4.75. The number of aliphatic hydroxyl groups excluding tert-OH is 1. The topological polar surface area (TPSA) is 128 Å². The van der Waals surface area contributed by atoms with E-state index in [1.165, 1.54) is 24.5 Å². The van der Waals surface area contributed by atoms with E-state index >= 15 is 0 Å². The van der Waals surface area contributed by atoms with Crippen LogP contribution in [0.2, 0.25) is 0 Å². The van der Waals surface area contributed by atoms with Gasteiger partial charge in [0.2, 0.25) is 0 Å². The van der Waals surface area contributed by atoms with E-state index in [1.54, 1.807) is 25.1 Å². The van der Waals surface area contributed by atoms with E-state index in [2.05, 4.69) is 0 Å². The number of carbonyl (C=O) groups excluding carboxylic acids is 1. The number of rotatable bonds is 5. The first-order valence-electron chi connectivity index (χ1n) is 8.33. The summed E-state index contributed by atoms with van der Waals surface area (Å²) in [5.74, 6) is -4.49. The van der Waals surface area contributed by atoms with Crippen molar-refractivity contribution in [2.45, 2.75) is 24.9 Å². The van der Waals surface area contributed by atoms with Crippen molar-refractivity contribution in [2.75, 3.05) is 6.61 Å². The third kappa shape index (κ3) is 2.87. The molecule has 3 N–H and O–H groups in total. The molecule has 8 heteroatoms. The maximum atomic E-state index is 13.3. The van der Waals surface area contributed by atoms with Gasteiger partial charge in [-0.1, -0.05) is 18.2 Å². The van der Waals surface area contributed by atoms with Gasteiger partial charge in [-0.15, -0.1) is 0 Å². The Balaban J connectivity index is 2.22. The molecule has 1 fully saturated rings. The molecule has 1 aromatic carbocycles. The standard InChI is InChI=1S/C19H19NO7/c1-11-5-2-3-6-12(11)16(22)20-15(14-7-4-8-27-14)13(17(23)24)9-19(20,10-21)18(25)26/h2-8,13,15,21H,9-10H2,1H3,(H,23,24)(H,25,26). The highest BCUT2D eigenvalue weighted by Gasteiger charge is 2.61. The zero-order valence-electron chi connectivity index (χ0n) is 14.5. The molecule has 27 heavy (non-hydrogen) atoms. The van der Waals surface area contributed by atoms with Crippen LogP contribution >= 0.6 is 0 Å². The fourth-order valence-electron chi connectivity index (χ4n) is 3.69. The molecule has 2 heterocycles. The van der Waals surface area contributed by atoms with Gasteiger partial charge in [-0.2, -0.15) is 0 Å². The smallest absolute Gasteiger partial charge is 0.332 e. The summed E-state index contributed by atoms with van der Waals surface area (Å²) in [5, 5.41) is 29.4. The van der Waals surface area contributed by atoms with Gasteiger partial charge in [0, 0.05) is 5.56 Å². The Morgan fingerprint density at radius 1 is 1.19 bits per heavy atom. The molecule has 142 valence electrons. The lowest BCUT2D eigenvalue weighted by Gasteiger charge is -2.36. The number of aliphatic hydroxyl groups is 1. The van der Waals surface area contributed by atoms with Gasteiger partial charge in [0.25, 0.3) is 5.91 Å². The maximum absolute atomic E-state index is 13.3. The summed E-state index contributed by atoms with van der Waals surface area (Å²) in [6.45, 7) is 0.780. The molecule has 0 spiro atoms. The number of likely N-dealkylation sites (tertiary alicyclic amines) is 1. The fraction of sp³-hybridized carbons (Fsp3) is 0.316. The van der Waals surface area contributed by atoms with Gasteiger partial charge in [0.15, 0.2) is 5.54 Å². The van der Waals surface area contributed by atoms with E-state index in [1.807, 2.05) is 0 Å². The van der Waals surface area contributed by atoms with Gasteiger partial charge in [0.05, 0.1) is 18.8 Å². The Bertz CT molecular complexity index is 876. The second-order valence-electron chi connectivity index (χ2n) is 6.59. The van der Waals surface area contributed by atoms with Gasteiger partial charge in [-0.25, -0.2) is 4.79 Å². The highest BCUT2D eigenvalue weighted by Crippen LogP contribution is 2.48. The summed E-state index contributed by atoms with van der Waals surface area (Å²) >= 11 is 0. The lowest BCUT2D eigenvalue weighted by molar-refractivity contribution is -0.151. The van der Waals surface area contributed by atoms with E-state index in [0.717, 1.165) is 4.90 Å². The van der Waals surface area contributed by atoms with Gasteiger partial charge in [0.1, 0.15) is 11.8 Å². The Morgan fingerprint density at radius 2 is 1.89 bits per heavy atom. The van der Waals surface area contributed by atoms with Crippen LogP contribution in [-0.4, -0.2) is 50.2 Å². The largest absolute Gasteiger partial charge is 0.481 e. The summed E-state index contributed by atoms with van der Waals surface area (Å²) in [6.07, 6.45) is 0.890. The molecule has 3 unspecified atom stereocenters. The number of furan rings is 1. The van der Waals surface area contributed by atoms with E-state index < -0.39 is 48.4 Å². The first-order chi connectivity index (χ1) is 12.8. The van der Waals surface area contributed by atoms with Crippen LogP contribution in [0.5, 0.6) is 0 Å². The highest BCUT2D eigenvalue weighted by molar-refractivity contribution is 6.00. The van der Waals surface area contributed by atoms with Gasteiger partial charge in [-0.05, 0) is 37.1 Å². The lowest BCUT2D eigenvalue weighted by Crippen LogP contribution is -2.56. The van der Waals surface area contributed by atoms with Crippen molar-refractivity contribution in [1.82, 2.24) is 4.90 Å². The highest BCUT2D eigenvalue weighted by atomic mass is 16.4. The molecule has 1 aliphatic heterocycles. The third-order valence-electron chi connectivity index (χ3n) is 5.08. The van der Waals surface area contributed by atoms with Crippen LogP contribution in [0.4, 0.5) is 0 Å². The minimum Gasteiger partial charge on any atom is -0.481 e. The second kappa shape index (κ2) is 6.88. The zero-order valence-corrected chi connectivity index (χ0v) is 14.5. The summed E-state index contributed by atoms with van der Waals surface area (Å²) < 4.78 is 5.33. The Hall–Kier alpha value is -3.13. The minimum atomic E-state index is -2.07. The van der Waals surface area contributed by atoms with Crippen molar-refractivity contribution < 1.29 is 34.1 Å². The molecule has 1 amide bonds. The molecular formula is C19H19NO7. The third-order valence-corrected chi connectivity index (χ3v) is 5.08. The van der Waals surface area contributed by atoms with Gasteiger partial charge < -0.3 is 24.6 Å². The number of carbonyl (C=O) groups is 3. The predicted molar refractivity (Wildman–Crippen MR) is 92.0 cm³/mol. The number of hydrogen-bond acceptors (Lipinski definition) is 5. The minimum absolute atomic E-state index is 0.154. The number of carboxylic acid groups (broad SMARTS) is 2. The average molecular weight is 373 g/mol. The number of hydrogen-bond donors (Lipinski definition) is 3. The molecule has 2 aromatic rings. The Morgan fingerprint density at radius 3 is 2.41 bits per heavy atom. The number of aliphatic carboxylic acids is 2. The van der Waals surface area contributed by atoms with Crippen LogP contribution in [0.25, 0.3) is 0 Å². The fourth-order valence-corrected chi connectivity index (χ4v) is 3.69. The molecule has 0 bridgehead atoms. The number of benzene rings is 1. The predicted octanol–water partition coefficient (Wildman–Crippen LogP) is 1.69. The summed E-state index contributed by atoms with van der Waals surface area (Å²) in [5.41, 5.74) is -1.23. The SMILES string of the molecule is Cc1ccccc1C(=O)N1C(c2ccco2)C(C(=O)O)CC1(CO)C(=O)O. The number of carboxylic acids is 2. The summed E-state index contributed by atoms with van der Waals surface area (Å²) in [6, 6.07) is 8.47. The molecule has 8 nitrogen and oxygen atoms in total. The lowest BCUT2D eigenvalue weighted by atomic mass is 9.91. The number of nitrogens with zero attached hydrogens (tertiary/aromatic N) is 1. The van der Waals surface area contributed by atoms with Crippen LogP contribution in [-0.2, 0) is 9.59 Å². The van der Waals surface area contributed by atoms with Gasteiger partial charge >= 0.3 is 11.9 Å². The molecule has 1 saturated heterocycles. The van der Waals surface area contributed by atoms with Crippen molar-refractivity contribution in [1.29, 1.82) is 0 Å². The van der Waals surface area contributed by atoms with E-state index in [0.29, 0.717) is 5.56 Å². The van der Waals surface area contributed by atoms with Crippen molar-refractivity contribution in [2.24, 2.45) is 5.92 Å². The molecule has 0 aliphatic carbocycles. The number of aryl methyl sites for hydroxylation is 1. The quantitative estimate of drug-likeness (QED) is 0.727. The molecular weight excluding hydrogens is 354 g/mol.